The first kappa shape index (κ1) is 12.4. The SMILES string of the molecule is Nn1cnnc1SCc1ccc(C(=O)O)c(F)c1. The lowest BCUT2D eigenvalue weighted by Crippen LogP contribution is -2.07. The number of aromatic carboxylic acids is 1. The monoisotopic (exact) mass is 268 g/mol. The molecule has 0 radical (unpaired) electrons. The van der Waals surface area contributed by atoms with Crippen LogP contribution in [-0.4, -0.2) is 25.9 Å². The summed E-state index contributed by atoms with van der Waals surface area (Å²) in [5.74, 6) is 3.90. The minimum atomic E-state index is -1.28. The van der Waals surface area contributed by atoms with Gasteiger partial charge in [0.05, 0.1) is 5.56 Å². The molecule has 0 saturated heterocycles. The summed E-state index contributed by atoms with van der Waals surface area (Å²) in [5, 5.41) is 16.6. The average Bonchev–Trinajstić information content (AvgIpc) is 2.72. The smallest absolute Gasteiger partial charge is 0.338 e. The van der Waals surface area contributed by atoms with Gasteiger partial charge in [-0.25, -0.2) is 13.9 Å². The van der Waals surface area contributed by atoms with Gasteiger partial charge in [-0.2, -0.15) is 0 Å². The van der Waals surface area contributed by atoms with E-state index in [9.17, 15) is 9.18 Å². The normalized spacial score (nSPS) is 10.5. The summed E-state index contributed by atoms with van der Waals surface area (Å²) < 4.78 is 14.7. The van der Waals surface area contributed by atoms with Crippen LogP contribution in [0, 0.1) is 5.82 Å². The second kappa shape index (κ2) is 5.05. The summed E-state index contributed by atoms with van der Waals surface area (Å²) in [4.78, 5) is 10.6. The molecule has 3 N–H and O–H groups in total. The highest BCUT2D eigenvalue weighted by molar-refractivity contribution is 7.98. The number of carboxylic acids is 1. The lowest BCUT2D eigenvalue weighted by Gasteiger charge is -2.03. The Morgan fingerprint density at radius 3 is 2.89 bits per heavy atom. The number of carbonyl (C=O) groups is 1. The number of benzene rings is 1. The first-order valence-corrected chi connectivity index (χ1v) is 5.86. The van der Waals surface area contributed by atoms with Crippen molar-refractivity contribution in [3.63, 3.8) is 0 Å². The van der Waals surface area contributed by atoms with Crippen molar-refractivity contribution in [2.24, 2.45) is 0 Å². The lowest BCUT2D eigenvalue weighted by atomic mass is 10.1. The number of nitrogens with two attached hydrogens (primary N) is 1. The predicted molar refractivity (Wildman–Crippen MR) is 63.1 cm³/mol. The number of thioether (sulfide) groups is 1. The van der Waals surface area contributed by atoms with Crippen molar-refractivity contribution in [1.82, 2.24) is 14.9 Å². The van der Waals surface area contributed by atoms with Gasteiger partial charge in [-0.3, -0.25) is 0 Å². The van der Waals surface area contributed by atoms with Gasteiger partial charge in [-0.15, -0.1) is 10.2 Å². The van der Waals surface area contributed by atoms with Crippen LogP contribution in [0.15, 0.2) is 29.7 Å². The molecule has 0 aliphatic carbocycles. The molecule has 8 heteroatoms. The van der Waals surface area contributed by atoms with Gasteiger partial charge in [-0.1, -0.05) is 17.8 Å². The van der Waals surface area contributed by atoms with Crippen LogP contribution in [0.4, 0.5) is 4.39 Å². The lowest BCUT2D eigenvalue weighted by molar-refractivity contribution is 0.0692. The maximum Gasteiger partial charge on any atom is 0.338 e. The summed E-state index contributed by atoms with van der Waals surface area (Å²) in [5.41, 5.74) is 0.302. The van der Waals surface area contributed by atoms with Crippen molar-refractivity contribution in [2.75, 3.05) is 5.84 Å². The number of carboxylic acid groups (broad SMARTS) is 1. The number of aromatic nitrogens is 3. The van der Waals surface area contributed by atoms with Gasteiger partial charge in [0, 0.05) is 5.75 Å². The van der Waals surface area contributed by atoms with E-state index in [1.54, 1.807) is 6.07 Å². The summed E-state index contributed by atoms with van der Waals surface area (Å²) in [6.07, 6.45) is 1.36. The van der Waals surface area contributed by atoms with Crippen LogP contribution in [-0.2, 0) is 5.75 Å². The molecule has 18 heavy (non-hydrogen) atoms. The maximum atomic E-state index is 13.4. The fraction of sp³-hybridized carbons (Fsp3) is 0.100. The summed E-state index contributed by atoms with van der Waals surface area (Å²) in [6.45, 7) is 0. The van der Waals surface area contributed by atoms with E-state index in [4.69, 9.17) is 10.9 Å². The van der Waals surface area contributed by atoms with Gasteiger partial charge in [-0.05, 0) is 17.7 Å². The van der Waals surface area contributed by atoms with Crippen LogP contribution in [0.5, 0.6) is 0 Å². The van der Waals surface area contributed by atoms with Crippen molar-refractivity contribution in [1.29, 1.82) is 0 Å². The van der Waals surface area contributed by atoms with Gasteiger partial charge in [0.25, 0.3) is 0 Å². The molecule has 1 aromatic carbocycles. The third-order valence-electron chi connectivity index (χ3n) is 2.17. The standard InChI is InChI=1S/C10H9FN4O2S/c11-8-3-6(1-2-7(8)9(16)17)4-18-10-14-13-5-15(10)12/h1-3,5H,4,12H2,(H,16,17). The van der Waals surface area contributed by atoms with Crippen molar-refractivity contribution in [3.05, 3.63) is 41.5 Å². The van der Waals surface area contributed by atoms with E-state index in [-0.39, 0.29) is 5.56 Å². The largest absolute Gasteiger partial charge is 0.478 e. The van der Waals surface area contributed by atoms with Crippen molar-refractivity contribution in [3.8, 4) is 0 Å². The summed E-state index contributed by atoms with van der Waals surface area (Å²) in [7, 11) is 0. The van der Waals surface area contributed by atoms with E-state index in [0.717, 1.165) is 0 Å². The van der Waals surface area contributed by atoms with Gasteiger partial charge in [0.15, 0.2) is 0 Å². The Morgan fingerprint density at radius 2 is 2.33 bits per heavy atom. The van der Waals surface area contributed by atoms with Crippen molar-refractivity contribution in [2.45, 2.75) is 10.9 Å². The predicted octanol–water partition coefficient (Wildman–Crippen LogP) is 1.12. The van der Waals surface area contributed by atoms with Crippen molar-refractivity contribution >= 4 is 17.7 Å². The van der Waals surface area contributed by atoms with Crippen LogP contribution >= 0.6 is 11.8 Å². The van der Waals surface area contributed by atoms with Crippen molar-refractivity contribution < 1.29 is 14.3 Å². The Labute approximate surface area is 106 Å². The first-order valence-electron chi connectivity index (χ1n) is 4.87. The van der Waals surface area contributed by atoms with E-state index in [1.165, 1.54) is 34.9 Å². The molecular formula is C10H9FN4O2S. The maximum absolute atomic E-state index is 13.4. The summed E-state index contributed by atoms with van der Waals surface area (Å²) >= 11 is 1.28. The second-order valence-electron chi connectivity index (χ2n) is 3.43. The highest BCUT2D eigenvalue weighted by Gasteiger charge is 2.11. The van der Waals surface area contributed by atoms with Gasteiger partial charge in [0.1, 0.15) is 12.1 Å². The number of hydrogen-bond acceptors (Lipinski definition) is 5. The molecule has 0 saturated carbocycles. The molecule has 94 valence electrons. The van der Waals surface area contributed by atoms with E-state index < -0.39 is 11.8 Å². The molecule has 2 rings (SSSR count). The highest BCUT2D eigenvalue weighted by atomic mass is 32.2. The van der Waals surface area contributed by atoms with Crippen LogP contribution < -0.4 is 5.84 Å². The molecule has 0 fully saturated rings. The number of rotatable bonds is 4. The van der Waals surface area contributed by atoms with Gasteiger partial charge >= 0.3 is 5.97 Å². The molecule has 0 spiro atoms. The third kappa shape index (κ3) is 2.59. The number of hydrogen-bond donors (Lipinski definition) is 2. The average molecular weight is 268 g/mol. The van der Waals surface area contributed by atoms with Gasteiger partial charge in [0.2, 0.25) is 5.16 Å². The Kier molecular flexibility index (Phi) is 3.47. The van der Waals surface area contributed by atoms with E-state index >= 15 is 0 Å². The molecule has 0 unspecified atom stereocenters. The zero-order valence-corrected chi connectivity index (χ0v) is 9.89. The Balaban J connectivity index is 2.09. The van der Waals surface area contributed by atoms with E-state index in [1.807, 2.05) is 0 Å². The highest BCUT2D eigenvalue weighted by Crippen LogP contribution is 2.20. The zero-order chi connectivity index (χ0) is 13.1. The molecule has 6 nitrogen and oxygen atoms in total. The van der Waals surface area contributed by atoms with Crippen LogP contribution in [0.2, 0.25) is 0 Å². The quantitative estimate of drug-likeness (QED) is 0.637. The fourth-order valence-electron chi connectivity index (χ4n) is 1.30. The van der Waals surface area contributed by atoms with Crippen LogP contribution in [0.3, 0.4) is 0 Å². The summed E-state index contributed by atoms with van der Waals surface area (Å²) in [6, 6.07) is 3.98. The topological polar surface area (TPSA) is 94.0 Å². The first-order chi connectivity index (χ1) is 8.58. The van der Waals surface area contributed by atoms with Gasteiger partial charge < -0.3 is 10.9 Å². The molecule has 2 aromatic rings. The number of halogens is 1. The van der Waals surface area contributed by atoms with E-state index in [0.29, 0.717) is 16.5 Å². The minimum Gasteiger partial charge on any atom is -0.478 e. The van der Waals surface area contributed by atoms with Crippen LogP contribution in [0.25, 0.3) is 0 Å². The molecule has 0 aliphatic rings. The fourth-order valence-corrected chi connectivity index (χ4v) is 2.08. The third-order valence-corrected chi connectivity index (χ3v) is 3.20. The molecule has 1 aromatic heterocycles. The zero-order valence-electron chi connectivity index (χ0n) is 9.08. The number of nitrogens with zero attached hydrogens (tertiary/aromatic N) is 3. The van der Waals surface area contributed by atoms with E-state index in [2.05, 4.69) is 10.2 Å². The molecule has 1 heterocycles. The molecule has 0 amide bonds. The number of nitrogen functional groups attached to an aromatic ring is 1. The minimum absolute atomic E-state index is 0.342. The molecule has 0 bridgehead atoms. The molecular weight excluding hydrogens is 259 g/mol. The Bertz CT molecular complexity index is 587. The van der Waals surface area contributed by atoms with Crippen LogP contribution in [0.1, 0.15) is 15.9 Å². The Morgan fingerprint density at radius 1 is 1.56 bits per heavy atom. The molecule has 0 aliphatic heterocycles. The second-order valence-corrected chi connectivity index (χ2v) is 4.37. The Hall–Kier alpha value is -2.09. The molecule has 0 atom stereocenters.